The number of hydrogen-bond donors (Lipinski definition) is 0. The van der Waals surface area contributed by atoms with Crippen LogP contribution in [-0.2, 0) is 21.4 Å². The molecule has 6 nitrogen and oxygen atoms in total. The van der Waals surface area contributed by atoms with Gasteiger partial charge in [0, 0.05) is 54.6 Å². The number of hydrogen-bond acceptors (Lipinski definition) is 5. The third-order valence-electron chi connectivity index (χ3n) is 10.5. The van der Waals surface area contributed by atoms with E-state index in [9.17, 15) is 9.59 Å². The summed E-state index contributed by atoms with van der Waals surface area (Å²) in [5, 5.41) is 0. The number of nitrogens with zero attached hydrogens (tertiary/aromatic N) is 2. The molecule has 5 atom stereocenters. The van der Waals surface area contributed by atoms with Gasteiger partial charge in [-0.15, -0.1) is 0 Å². The van der Waals surface area contributed by atoms with Gasteiger partial charge in [0.25, 0.3) is 5.91 Å². The molecule has 2 aromatic rings. The SMILES string of the molecule is CC(=O)Oc1ccc2c3c1C[C@@H]1[C@@H]4CC[C@@H](N(C)C(=O)C#Cc5ccc(C)c(C)c5)[C@H](O2)[C@]34CCN1CC1CC1. The molecule has 0 N–H and O–H groups in total. The van der Waals surface area contributed by atoms with E-state index in [1.807, 2.05) is 42.3 Å². The van der Waals surface area contributed by atoms with Crippen LogP contribution in [0.15, 0.2) is 30.3 Å². The molecule has 1 saturated heterocycles. The highest BCUT2D eigenvalue weighted by molar-refractivity contribution is 5.94. The summed E-state index contributed by atoms with van der Waals surface area (Å²) in [4.78, 5) is 30.0. The summed E-state index contributed by atoms with van der Waals surface area (Å²) in [6, 6.07) is 10.3. The number of rotatable bonds is 4. The van der Waals surface area contributed by atoms with E-state index in [2.05, 4.69) is 30.6 Å². The third kappa shape index (κ3) is 3.96. The van der Waals surface area contributed by atoms with Crippen LogP contribution in [0, 0.1) is 37.5 Å². The number of amides is 1. The number of esters is 1. The van der Waals surface area contributed by atoms with Crippen LogP contribution < -0.4 is 9.47 Å². The van der Waals surface area contributed by atoms with Crippen LogP contribution in [0.2, 0.25) is 0 Å². The van der Waals surface area contributed by atoms with Crippen molar-refractivity contribution < 1.29 is 19.1 Å². The monoisotopic (exact) mass is 538 g/mol. The Bertz CT molecular complexity index is 1470. The average Bonchev–Trinajstić information content (AvgIpc) is 3.69. The van der Waals surface area contributed by atoms with Crippen molar-refractivity contribution in [3.63, 3.8) is 0 Å². The number of carbonyl (C=O) groups excluding carboxylic acids is 2. The molecular formula is C34H38N2O4. The second-order valence-electron chi connectivity index (χ2n) is 12.8. The first kappa shape index (κ1) is 25.7. The molecule has 2 aromatic carbocycles. The standard InChI is InChI=1S/C34H38N2O4/c1-20-5-6-23(17-21(20)2)9-14-31(38)35(4)27-11-10-26-28-18-25-29(39-22(3)37)12-13-30-32(25)34(26,33(27)40-30)15-16-36(28)19-24-7-8-24/h5-6,12-13,17,24,26-28,33H,7-8,10-11,15-16,18-19H2,1-4H3/t26-,27+,28+,33-,34-/m0/s1. The van der Waals surface area contributed by atoms with E-state index < -0.39 is 0 Å². The maximum absolute atomic E-state index is 13.4. The summed E-state index contributed by atoms with van der Waals surface area (Å²) in [5.74, 6) is 8.42. The maximum atomic E-state index is 13.4. The normalized spacial score (nSPS) is 29.5. The van der Waals surface area contributed by atoms with Crippen molar-refractivity contribution in [3.8, 4) is 23.3 Å². The van der Waals surface area contributed by atoms with Crippen molar-refractivity contribution in [3.05, 3.63) is 58.1 Å². The fraction of sp³-hybridized carbons (Fsp3) is 0.529. The molecule has 2 bridgehead atoms. The summed E-state index contributed by atoms with van der Waals surface area (Å²) in [5.41, 5.74) is 5.45. The van der Waals surface area contributed by atoms with Gasteiger partial charge in [0.15, 0.2) is 0 Å². The van der Waals surface area contributed by atoms with Crippen molar-refractivity contribution in [2.75, 3.05) is 20.1 Å². The largest absolute Gasteiger partial charge is 0.487 e. The van der Waals surface area contributed by atoms with Gasteiger partial charge in [0.2, 0.25) is 0 Å². The zero-order valence-corrected chi connectivity index (χ0v) is 24.0. The van der Waals surface area contributed by atoms with Gasteiger partial charge in [0.1, 0.15) is 17.6 Å². The molecule has 3 fully saturated rings. The van der Waals surface area contributed by atoms with Gasteiger partial charge in [-0.1, -0.05) is 12.0 Å². The number of benzene rings is 2. The Morgan fingerprint density at radius 2 is 1.95 bits per heavy atom. The Morgan fingerprint density at radius 1 is 1.12 bits per heavy atom. The van der Waals surface area contributed by atoms with Gasteiger partial charge in [-0.3, -0.25) is 14.5 Å². The lowest BCUT2D eigenvalue weighted by Crippen LogP contribution is -2.69. The predicted octanol–water partition coefficient (Wildman–Crippen LogP) is 4.56. The zero-order valence-electron chi connectivity index (χ0n) is 24.0. The van der Waals surface area contributed by atoms with Crippen molar-refractivity contribution in [2.45, 2.75) is 82.9 Å². The number of likely N-dealkylation sites (tertiary alicyclic amines) is 1. The summed E-state index contributed by atoms with van der Waals surface area (Å²) >= 11 is 0. The minimum absolute atomic E-state index is 0.0658. The molecule has 2 heterocycles. The van der Waals surface area contributed by atoms with E-state index in [0.29, 0.717) is 17.7 Å². The van der Waals surface area contributed by atoms with Crippen LogP contribution in [0.4, 0.5) is 0 Å². The molecule has 0 aromatic heterocycles. The molecule has 40 heavy (non-hydrogen) atoms. The Morgan fingerprint density at radius 3 is 2.70 bits per heavy atom. The first-order valence-electron chi connectivity index (χ1n) is 14.9. The van der Waals surface area contributed by atoms with Crippen molar-refractivity contribution >= 4 is 11.9 Å². The van der Waals surface area contributed by atoms with E-state index in [1.165, 1.54) is 36.5 Å². The lowest BCUT2D eigenvalue weighted by molar-refractivity contribution is -0.135. The molecule has 1 amide bonds. The third-order valence-corrected chi connectivity index (χ3v) is 10.5. The molecule has 0 radical (unpaired) electrons. The molecular weight excluding hydrogens is 500 g/mol. The van der Waals surface area contributed by atoms with Gasteiger partial charge >= 0.3 is 5.97 Å². The van der Waals surface area contributed by atoms with Crippen LogP contribution in [0.5, 0.6) is 11.5 Å². The van der Waals surface area contributed by atoms with Gasteiger partial charge in [-0.25, -0.2) is 0 Å². The first-order valence-corrected chi connectivity index (χ1v) is 14.9. The van der Waals surface area contributed by atoms with E-state index in [0.717, 1.165) is 61.6 Å². The van der Waals surface area contributed by atoms with E-state index in [4.69, 9.17) is 9.47 Å². The lowest BCUT2D eigenvalue weighted by atomic mass is 9.51. The highest BCUT2D eigenvalue weighted by Gasteiger charge is 2.66. The molecule has 208 valence electrons. The zero-order chi connectivity index (χ0) is 27.8. The fourth-order valence-corrected chi connectivity index (χ4v) is 8.29. The highest BCUT2D eigenvalue weighted by Crippen LogP contribution is 2.64. The van der Waals surface area contributed by atoms with E-state index in [1.54, 1.807) is 0 Å². The minimum atomic E-state index is -0.291. The Hall–Kier alpha value is -3.30. The average molecular weight is 539 g/mol. The van der Waals surface area contributed by atoms with Gasteiger partial charge < -0.3 is 14.4 Å². The molecule has 5 aliphatic rings. The lowest BCUT2D eigenvalue weighted by Gasteiger charge is -2.60. The molecule has 7 rings (SSSR count). The molecule has 1 spiro atoms. The van der Waals surface area contributed by atoms with Crippen LogP contribution in [0.1, 0.15) is 66.8 Å². The summed E-state index contributed by atoms with van der Waals surface area (Å²) < 4.78 is 12.6. The van der Waals surface area contributed by atoms with Gasteiger partial charge in [-0.2, -0.15) is 0 Å². The van der Waals surface area contributed by atoms with Crippen LogP contribution in [-0.4, -0.2) is 60.0 Å². The Balaban J connectivity index is 1.24. The first-order chi connectivity index (χ1) is 19.3. The number of ether oxygens (including phenoxy) is 2. The number of piperidine rings is 1. The number of likely N-dealkylation sites (N-methyl/N-ethyl adjacent to an activating group) is 1. The Labute approximate surface area is 237 Å². The topological polar surface area (TPSA) is 59.1 Å². The van der Waals surface area contributed by atoms with Crippen molar-refractivity contribution in [1.82, 2.24) is 9.80 Å². The molecule has 0 unspecified atom stereocenters. The molecule has 3 aliphatic carbocycles. The van der Waals surface area contributed by atoms with E-state index in [-0.39, 0.29) is 29.4 Å². The summed E-state index contributed by atoms with van der Waals surface area (Å²) in [6.45, 7) is 7.82. The Kier molecular flexibility index (Phi) is 6.02. The second-order valence-corrected chi connectivity index (χ2v) is 12.8. The van der Waals surface area contributed by atoms with Crippen LogP contribution in [0.3, 0.4) is 0 Å². The predicted molar refractivity (Wildman–Crippen MR) is 152 cm³/mol. The highest BCUT2D eigenvalue weighted by atomic mass is 16.5. The second kappa shape index (κ2) is 9.38. The van der Waals surface area contributed by atoms with E-state index >= 15 is 0 Å². The minimum Gasteiger partial charge on any atom is -0.487 e. The molecule has 2 aliphatic heterocycles. The fourth-order valence-electron chi connectivity index (χ4n) is 8.29. The van der Waals surface area contributed by atoms with Gasteiger partial charge in [-0.05, 0) is 106 Å². The van der Waals surface area contributed by atoms with Crippen LogP contribution in [0.25, 0.3) is 0 Å². The number of aryl methyl sites for hydroxylation is 2. The smallest absolute Gasteiger partial charge is 0.308 e. The molecule has 2 saturated carbocycles. The quantitative estimate of drug-likeness (QED) is 0.325. The van der Waals surface area contributed by atoms with Crippen molar-refractivity contribution in [1.29, 1.82) is 0 Å². The van der Waals surface area contributed by atoms with Gasteiger partial charge in [0.05, 0.1) is 6.04 Å². The van der Waals surface area contributed by atoms with Crippen LogP contribution >= 0.6 is 0 Å². The molecule has 6 heteroatoms. The summed E-state index contributed by atoms with van der Waals surface area (Å²) in [6.07, 6.45) is 6.39. The van der Waals surface area contributed by atoms with Crippen molar-refractivity contribution in [2.24, 2.45) is 11.8 Å². The number of carbonyl (C=O) groups is 2. The summed E-state index contributed by atoms with van der Waals surface area (Å²) in [7, 11) is 1.89. The maximum Gasteiger partial charge on any atom is 0.308 e.